The zero-order chi connectivity index (χ0) is 27.1. The molecular weight excluding hydrogens is 514 g/mol. The van der Waals surface area contributed by atoms with E-state index >= 15 is 0 Å². The van der Waals surface area contributed by atoms with Gasteiger partial charge >= 0.3 is 0 Å². The molecule has 1 aromatic heterocycles. The van der Waals surface area contributed by atoms with E-state index in [-0.39, 0.29) is 30.2 Å². The van der Waals surface area contributed by atoms with Crippen molar-refractivity contribution in [2.75, 3.05) is 16.0 Å². The number of benzene rings is 3. The minimum Gasteiger partial charge on any atom is -0.324 e. The number of nitrogens with zero attached hydrogens (tertiary/aromatic N) is 4. The Morgan fingerprint density at radius 1 is 1.00 bits per heavy atom. The Morgan fingerprint density at radius 3 is 2.34 bits per heavy atom. The quantitative estimate of drug-likeness (QED) is 0.247. The van der Waals surface area contributed by atoms with Crippen molar-refractivity contribution in [2.45, 2.75) is 39.1 Å². The number of hydrogen-bond acceptors (Lipinski definition) is 5. The van der Waals surface area contributed by atoms with E-state index in [0.717, 1.165) is 22.6 Å². The van der Waals surface area contributed by atoms with Crippen molar-refractivity contribution in [3.63, 3.8) is 0 Å². The molecule has 196 valence electrons. The minimum atomic E-state index is -0.214. The number of aromatic nitrogens is 3. The fourth-order valence-corrected chi connectivity index (χ4v) is 5.26. The molecule has 0 fully saturated rings. The lowest BCUT2D eigenvalue weighted by atomic mass is 10.2. The Labute approximate surface area is 232 Å². The molecule has 7 nitrogen and oxygen atoms in total. The van der Waals surface area contributed by atoms with Crippen molar-refractivity contribution >= 4 is 47.2 Å². The number of carbonyl (C=O) groups excluding carboxylic acids is 2. The van der Waals surface area contributed by atoms with Crippen LogP contribution in [-0.2, 0) is 21.9 Å². The molecule has 0 saturated carbocycles. The van der Waals surface area contributed by atoms with Gasteiger partial charge in [-0.25, -0.2) is 4.68 Å². The summed E-state index contributed by atoms with van der Waals surface area (Å²) in [5.41, 5.74) is 3.53. The van der Waals surface area contributed by atoms with Gasteiger partial charge in [-0.2, -0.15) is 5.10 Å². The first-order valence-electron chi connectivity index (χ1n) is 12.4. The average molecular weight is 546 g/mol. The molecule has 0 saturated heterocycles. The van der Waals surface area contributed by atoms with E-state index in [2.05, 4.69) is 10.4 Å². The molecule has 0 unspecified atom stereocenters. The third kappa shape index (κ3) is 6.79. The van der Waals surface area contributed by atoms with Crippen LogP contribution >= 0.6 is 24.0 Å². The molecular formula is C29H31N5O2S2. The van der Waals surface area contributed by atoms with E-state index in [0.29, 0.717) is 16.3 Å². The van der Waals surface area contributed by atoms with Crippen molar-refractivity contribution in [3.05, 3.63) is 101 Å². The zero-order valence-corrected chi connectivity index (χ0v) is 23.3. The maximum atomic E-state index is 13.1. The van der Waals surface area contributed by atoms with Gasteiger partial charge in [-0.05, 0) is 75.0 Å². The minimum absolute atomic E-state index is 0.0155. The Balaban J connectivity index is 1.51. The molecule has 0 spiro atoms. The number of nitrogens with one attached hydrogen (secondary N) is 1. The molecule has 3 aromatic carbocycles. The van der Waals surface area contributed by atoms with Gasteiger partial charge in [0.15, 0.2) is 0 Å². The average Bonchev–Trinajstić information content (AvgIpc) is 3.19. The van der Waals surface area contributed by atoms with Gasteiger partial charge in [-0.15, -0.1) is 11.8 Å². The van der Waals surface area contributed by atoms with E-state index < -0.39 is 0 Å². The third-order valence-electron chi connectivity index (χ3n) is 5.79. The summed E-state index contributed by atoms with van der Waals surface area (Å²) in [7, 11) is 0. The van der Waals surface area contributed by atoms with Crippen LogP contribution in [0.4, 0.5) is 11.4 Å². The highest BCUT2D eigenvalue weighted by molar-refractivity contribution is 7.99. The highest BCUT2D eigenvalue weighted by Gasteiger charge is 2.20. The maximum absolute atomic E-state index is 13.1. The molecule has 2 amide bonds. The van der Waals surface area contributed by atoms with E-state index in [1.807, 2.05) is 115 Å². The Morgan fingerprint density at radius 2 is 1.68 bits per heavy atom. The van der Waals surface area contributed by atoms with Gasteiger partial charge in [0.2, 0.25) is 16.6 Å². The van der Waals surface area contributed by atoms with Crippen molar-refractivity contribution in [2.24, 2.45) is 0 Å². The lowest BCUT2D eigenvalue weighted by molar-refractivity contribution is -0.117. The predicted octanol–water partition coefficient (Wildman–Crippen LogP) is 6.03. The summed E-state index contributed by atoms with van der Waals surface area (Å²) >= 11 is 7.21. The van der Waals surface area contributed by atoms with Gasteiger partial charge in [0.05, 0.1) is 11.5 Å². The fraction of sp³-hybridized carbons (Fsp3) is 0.241. The normalized spacial score (nSPS) is 10.9. The zero-order valence-electron chi connectivity index (χ0n) is 21.7. The largest absolute Gasteiger partial charge is 0.324 e. The first-order valence-corrected chi connectivity index (χ1v) is 14.0. The van der Waals surface area contributed by atoms with Crippen LogP contribution in [0.2, 0.25) is 0 Å². The summed E-state index contributed by atoms with van der Waals surface area (Å²) in [5.74, 6) is 1.23. The number of carbonyl (C=O) groups is 2. The number of thioether (sulfide) groups is 1. The van der Waals surface area contributed by atoms with Gasteiger partial charge in [-0.3, -0.25) is 14.2 Å². The molecule has 9 heteroatoms. The van der Waals surface area contributed by atoms with Gasteiger partial charge < -0.3 is 10.2 Å². The van der Waals surface area contributed by atoms with E-state index in [1.165, 1.54) is 16.4 Å². The molecule has 1 N–H and O–H groups in total. The second-order valence-electron chi connectivity index (χ2n) is 9.13. The van der Waals surface area contributed by atoms with Crippen LogP contribution in [0.25, 0.3) is 5.69 Å². The summed E-state index contributed by atoms with van der Waals surface area (Å²) in [6.07, 6.45) is 0. The molecule has 4 rings (SSSR count). The van der Waals surface area contributed by atoms with Crippen LogP contribution in [0, 0.1) is 11.7 Å². The number of anilines is 2. The van der Waals surface area contributed by atoms with Gasteiger partial charge in [-0.1, -0.05) is 48.5 Å². The van der Waals surface area contributed by atoms with Crippen molar-refractivity contribution in [1.29, 1.82) is 0 Å². The second kappa shape index (κ2) is 12.7. The first kappa shape index (κ1) is 27.3. The summed E-state index contributed by atoms with van der Waals surface area (Å²) in [6, 6.07) is 27.0. The SMILES string of the molecule is Cc1cccc(NC(=O)Cn2nc(CSCC(=O)N(c3ccccc3)C(C)C)n(-c3ccccc3)c2=S)c1. The fourth-order valence-electron chi connectivity index (χ4n) is 4.16. The molecule has 0 bridgehead atoms. The van der Waals surface area contributed by atoms with Crippen molar-refractivity contribution in [3.8, 4) is 5.69 Å². The number of para-hydroxylation sites is 2. The standard InChI is InChI=1S/C29H31N5O2S2/c1-21(2)33(24-13-6-4-7-14-24)28(36)20-38-19-26-31-32(29(37)34(26)25-15-8-5-9-16-25)18-27(35)30-23-12-10-11-22(3)17-23/h4-17,21H,18-20H2,1-3H3,(H,30,35). The van der Waals surface area contributed by atoms with Crippen LogP contribution < -0.4 is 10.2 Å². The number of aryl methyl sites for hydroxylation is 1. The predicted molar refractivity (Wildman–Crippen MR) is 157 cm³/mol. The number of rotatable bonds is 10. The Kier molecular flexibility index (Phi) is 9.15. The first-order chi connectivity index (χ1) is 18.3. The Bertz CT molecular complexity index is 1450. The highest BCUT2D eigenvalue weighted by Crippen LogP contribution is 2.21. The smallest absolute Gasteiger partial charge is 0.246 e. The van der Waals surface area contributed by atoms with Gasteiger partial charge in [0.25, 0.3) is 0 Å². The van der Waals surface area contributed by atoms with Crippen molar-refractivity contribution < 1.29 is 9.59 Å². The van der Waals surface area contributed by atoms with Gasteiger partial charge in [0.1, 0.15) is 12.4 Å². The lowest BCUT2D eigenvalue weighted by Crippen LogP contribution is -2.38. The summed E-state index contributed by atoms with van der Waals surface area (Å²) in [6.45, 7) is 5.97. The monoisotopic (exact) mass is 545 g/mol. The third-order valence-corrected chi connectivity index (χ3v) is 7.10. The van der Waals surface area contributed by atoms with Crippen LogP contribution in [0.3, 0.4) is 0 Å². The van der Waals surface area contributed by atoms with Crippen LogP contribution in [0.1, 0.15) is 25.2 Å². The lowest BCUT2D eigenvalue weighted by Gasteiger charge is -2.26. The number of hydrogen-bond donors (Lipinski definition) is 1. The molecule has 4 aromatic rings. The summed E-state index contributed by atoms with van der Waals surface area (Å²) in [5, 5.41) is 7.60. The van der Waals surface area contributed by atoms with E-state index in [4.69, 9.17) is 12.2 Å². The molecule has 0 aliphatic heterocycles. The van der Waals surface area contributed by atoms with Gasteiger partial charge in [0, 0.05) is 23.1 Å². The Hall–Kier alpha value is -3.69. The van der Waals surface area contributed by atoms with Crippen molar-refractivity contribution in [1.82, 2.24) is 14.3 Å². The summed E-state index contributed by atoms with van der Waals surface area (Å²) < 4.78 is 3.82. The van der Waals surface area contributed by atoms with Crippen LogP contribution in [0.15, 0.2) is 84.9 Å². The van der Waals surface area contributed by atoms with E-state index in [1.54, 1.807) is 0 Å². The molecule has 1 heterocycles. The topological polar surface area (TPSA) is 72.2 Å². The summed E-state index contributed by atoms with van der Waals surface area (Å²) in [4.78, 5) is 27.8. The molecule has 38 heavy (non-hydrogen) atoms. The van der Waals surface area contributed by atoms with Crippen LogP contribution in [-0.4, -0.2) is 38.0 Å². The molecule has 0 aliphatic carbocycles. The molecule has 0 radical (unpaired) electrons. The molecule has 0 aliphatic rings. The maximum Gasteiger partial charge on any atom is 0.246 e. The number of amides is 2. The second-order valence-corrected chi connectivity index (χ2v) is 10.5. The highest BCUT2D eigenvalue weighted by atomic mass is 32.2. The van der Waals surface area contributed by atoms with Crippen LogP contribution in [0.5, 0.6) is 0 Å². The molecule has 0 atom stereocenters. The van der Waals surface area contributed by atoms with E-state index in [9.17, 15) is 9.59 Å².